The molecule has 2 rings (SSSR count). The third-order valence-electron chi connectivity index (χ3n) is 3.59. The zero-order valence-corrected chi connectivity index (χ0v) is 11.9. The number of nitrogens with two attached hydrogens (primary N) is 1. The van der Waals surface area contributed by atoms with Gasteiger partial charge in [0.2, 0.25) is 0 Å². The molecule has 0 unspecified atom stereocenters. The van der Waals surface area contributed by atoms with Crippen molar-refractivity contribution in [2.75, 3.05) is 13.1 Å². The summed E-state index contributed by atoms with van der Waals surface area (Å²) in [5, 5.41) is 4.95. The summed E-state index contributed by atoms with van der Waals surface area (Å²) in [5.74, 6) is 0.331. The van der Waals surface area contributed by atoms with E-state index in [1.165, 1.54) is 5.56 Å². The van der Waals surface area contributed by atoms with Crippen LogP contribution in [0.4, 0.5) is 0 Å². The third-order valence-corrected chi connectivity index (χ3v) is 4.16. The van der Waals surface area contributed by atoms with Gasteiger partial charge in [0.05, 0.1) is 0 Å². The molecule has 106 valence electrons. The standard InChI is InChI=1S/C13H21N3O2S/c1-11-7-13(8-15-19(14,17)18)10-16(11)9-12-5-3-2-4-6-12/h2-6,11,13,15H,7-10H2,1H3,(H2,14,17,18)/t11-,13+/m0/s1. The van der Waals surface area contributed by atoms with Gasteiger partial charge < -0.3 is 0 Å². The van der Waals surface area contributed by atoms with Crippen LogP contribution >= 0.6 is 0 Å². The second kappa shape index (κ2) is 6.00. The Hall–Kier alpha value is -0.950. The van der Waals surface area contributed by atoms with Gasteiger partial charge in [-0.1, -0.05) is 30.3 Å². The Morgan fingerprint density at radius 1 is 1.37 bits per heavy atom. The number of nitrogens with one attached hydrogen (secondary N) is 1. The minimum atomic E-state index is -3.57. The van der Waals surface area contributed by atoms with Crippen molar-refractivity contribution in [3.63, 3.8) is 0 Å². The largest absolute Gasteiger partial charge is 0.296 e. The lowest BCUT2D eigenvalue weighted by molar-refractivity contribution is 0.255. The van der Waals surface area contributed by atoms with Gasteiger partial charge in [-0.2, -0.15) is 8.42 Å². The van der Waals surface area contributed by atoms with E-state index in [2.05, 4.69) is 28.7 Å². The summed E-state index contributed by atoms with van der Waals surface area (Å²) in [7, 11) is -3.57. The maximum atomic E-state index is 10.9. The molecule has 0 spiro atoms. The molecule has 0 saturated carbocycles. The lowest BCUT2D eigenvalue weighted by Gasteiger charge is -2.21. The van der Waals surface area contributed by atoms with Crippen molar-refractivity contribution in [1.29, 1.82) is 0 Å². The molecule has 0 amide bonds. The predicted molar refractivity (Wildman–Crippen MR) is 75.5 cm³/mol. The van der Waals surface area contributed by atoms with Gasteiger partial charge in [-0.15, -0.1) is 0 Å². The van der Waals surface area contributed by atoms with Crippen molar-refractivity contribution >= 4 is 10.2 Å². The highest BCUT2D eigenvalue weighted by Crippen LogP contribution is 2.24. The first kappa shape index (κ1) is 14.5. The third kappa shape index (κ3) is 4.58. The van der Waals surface area contributed by atoms with Gasteiger partial charge in [-0.3, -0.25) is 4.90 Å². The molecule has 1 saturated heterocycles. The van der Waals surface area contributed by atoms with Crippen molar-refractivity contribution in [3.8, 4) is 0 Å². The Balaban J connectivity index is 1.87. The van der Waals surface area contributed by atoms with Crippen LogP contribution in [0.1, 0.15) is 18.9 Å². The van der Waals surface area contributed by atoms with Crippen molar-refractivity contribution in [3.05, 3.63) is 35.9 Å². The second-order valence-electron chi connectivity index (χ2n) is 5.26. The highest BCUT2D eigenvalue weighted by molar-refractivity contribution is 7.87. The van der Waals surface area contributed by atoms with Crippen LogP contribution < -0.4 is 9.86 Å². The quantitative estimate of drug-likeness (QED) is 0.835. The lowest BCUT2D eigenvalue weighted by atomic mass is 10.1. The molecular weight excluding hydrogens is 262 g/mol. The number of rotatable bonds is 5. The minimum absolute atomic E-state index is 0.331. The molecule has 0 aromatic heterocycles. The van der Waals surface area contributed by atoms with Crippen molar-refractivity contribution in [2.24, 2.45) is 11.1 Å². The molecule has 1 aromatic carbocycles. The summed E-state index contributed by atoms with van der Waals surface area (Å²) in [6, 6.07) is 10.8. The van der Waals surface area contributed by atoms with Gasteiger partial charge >= 0.3 is 0 Å². The van der Waals surface area contributed by atoms with E-state index >= 15 is 0 Å². The number of hydrogen-bond donors (Lipinski definition) is 2. The van der Waals surface area contributed by atoms with Crippen LogP contribution in [0.3, 0.4) is 0 Å². The molecule has 0 bridgehead atoms. The molecule has 1 fully saturated rings. The highest BCUT2D eigenvalue weighted by Gasteiger charge is 2.29. The topological polar surface area (TPSA) is 75.4 Å². The highest BCUT2D eigenvalue weighted by atomic mass is 32.2. The number of nitrogens with zero attached hydrogens (tertiary/aromatic N) is 1. The van der Waals surface area contributed by atoms with Crippen LogP contribution in [0.5, 0.6) is 0 Å². The molecule has 5 nitrogen and oxygen atoms in total. The number of hydrogen-bond acceptors (Lipinski definition) is 3. The summed E-state index contributed by atoms with van der Waals surface area (Å²) >= 11 is 0. The van der Waals surface area contributed by atoms with Gasteiger partial charge in [0, 0.05) is 25.7 Å². The molecule has 1 heterocycles. The summed E-state index contributed by atoms with van der Waals surface area (Å²) in [4.78, 5) is 2.38. The first-order valence-electron chi connectivity index (χ1n) is 6.49. The molecule has 1 aliphatic rings. The van der Waals surface area contributed by atoms with Crippen molar-refractivity contribution in [1.82, 2.24) is 9.62 Å². The van der Waals surface area contributed by atoms with Crippen LogP contribution in [0.25, 0.3) is 0 Å². The average molecular weight is 283 g/mol. The number of benzene rings is 1. The van der Waals surface area contributed by atoms with E-state index in [4.69, 9.17) is 5.14 Å². The molecule has 2 atom stereocenters. The van der Waals surface area contributed by atoms with E-state index in [9.17, 15) is 8.42 Å². The Morgan fingerprint density at radius 2 is 2.05 bits per heavy atom. The zero-order chi connectivity index (χ0) is 13.9. The summed E-state index contributed by atoms with van der Waals surface area (Å²) in [6.45, 7) is 4.42. The normalized spacial score (nSPS) is 24.7. The van der Waals surface area contributed by atoms with E-state index in [1.54, 1.807) is 0 Å². The van der Waals surface area contributed by atoms with Gasteiger partial charge in [-0.25, -0.2) is 9.86 Å². The molecule has 1 aliphatic heterocycles. The van der Waals surface area contributed by atoms with Crippen LogP contribution in [0.15, 0.2) is 30.3 Å². The molecule has 19 heavy (non-hydrogen) atoms. The van der Waals surface area contributed by atoms with Gasteiger partial charge in [0.25, 0.3) is 10.2 Å². The van der Waals surface area contributed by atoms with Crippen LogP contribution in [-0.2, 0) is 16.8 Å². The fourth-order valence-electron chi connectivity index (χ4n) is 2.64. The SMILES string of the molecule is C[C@H]1C[C@H](CNS(N)(=O)=O)CN1Cc1ccccc1. The monoisotopic (exact) mass is 283 g/mol. The fraction of sp³-hybridized carbons (Fsp3) is 0.538. The number of likely N-dealkylation sites (tertiary alicyclic amines) is 1. The average Bonchev–Trinajstić information content (AvgIpc) is 2.68. The summed E-state index contributed by atoms with van der Waals surface area (Å²) in [5.41, 5.74) is 1.29. The van der Waals surface area contributed by atoms with Crippen LogP contribution in [-0.4, -0.2) is 32.4 Å². The van der Waals surface area contributed by atoms with Gasteiger partial charge in [0.15, 0.2) is 0 Å². The fourth-order valence-corrected chi connectivity index (χ4v) is 3.11. The van der Waals surface area contributed by atoms with Gasteiger partial charge in [-0.05, 0) is 24.8 Å². The van der Waals surface area contributed by atoms with Crippen LogP contribution in [0, 0.1) is 5.92 Å². The van der Waals surface area contributed by atoms with E-state index < -0.39 is 10.2 Å². The van der Waals surface area contributed by atoms with E-state index in [0.717, 1.165) is 19.5 Å². The minimum Gasteiger partial charge on any atom is -0.296 e. The molecule has 0 radical (unpaired) electrons. The smallest absolute Gasteiger partial charge is 0.274 e. The first-order valence-corrected chi connectivity index (χ1v) is 8.04. The van der Waals surface area contributed by atoms with E-state index in [1.807, 2.05) is 18.2 Å². The Bertz CT molecular complexity index is 504. The van der Waals surface area contributed by atoms with E-state index in [-0.39, 0.29) is 0 Å². The van der Waals surface area contributed by atoms with Gasteiger partial charge in [0.1, 0.15) is 0 Å². The predicted octanol–water partition coefficient (Wildman–Crippen LogP) is 0.690. The summed E-state index contributed by atoms with van der Waals surface area (Å²) < 4.78 is 24.2. The molecule has 0 aliphatic carbocycles. The first-order chi connectivity index (χ1) is 8.94. The van der Waals surface area contributed by atoms with Crippen molar-refractivity contribution in [2.45, 2.75) is 25.9 Å². The molecule has 1 aromatic rings. The zero-order valence-electron chi connectivity index (χ0n) is 11.1. The molecule has 3 N–H and O–H groups in total. The van der Waals surface area contributed by atoms with E-state index in [0.29, 0.717) is 18.5 Å². The Labute approximate surface area is 115 Å². The molecule has 6 heteroatoms. The maximum absolute atomic E-state index is 10.9. The molecular formula is C13H21N3O2S. The maximum Gasteiger partial charge on any atom is 0.274 e. The lowest BCUT2D eigenvalue weighted by Crippen LogP contribution is -2.35. The van der Waals surface area contributed by atoms with Crippen molar-refractivity contribution < 1.29 is 8.42 Å². The second-order valence-corrected chi connectivity index (χ2v) is 6.64. The Kier molecular flexibility index (Phi) is 4.57. The Morgan fingerprint density at radius 3 is 2.68 bits per heavy atom. The van der Waals surface area contributed by atoms with Crippen LogP contribution in [0.2, 0.25) is 0 Å². The summed E-state index contributed by atoms with van der Waals surface area (Å²) in [6.07, 6.45) is 0.995.